The molecular formula is C23H23NO4S. The van der Waals surface area contributed by atoms with Crippen molar-refractivity contribution < 1.29 is 17.9 Å². The summed E-state index contributed by atoms with van der Waals surface area (Å²) in [6.45, 7) is 5.56. The van der Waals surface area contributed by atoms with Crippen molar-refractivity contribution in [3.05, 3.63) is 89.0 Å². The van der Waals surface area contributed by atoms with Crippen LogP contribution >= 0.6 is 0 Å². The predicted molar refractivity (Wildman–Crippen MR) is 114 cm³/mol. The van der Waals surface area contributed by atoms with Crippen molar-refractivity contribution in [2.24, 2.45) is 0 Å². The average molecular weight is 410 g/mol. The summed E-state index contributed by atoms with van der Waals surface area (Å²) in [5.41, 5.74) is 3.10. The second kappa shape index (κ2) is 8.09. The maximum Gasteiger partial charge on any atom is 0.272 e. The van der Waals surface area contributed by atoms with E-state index in [9.17, 15) is 13.2 Å². The van der Waals surface area contributed by atoms with E-state index < -0.39 is 15.9 Å². The maximum absolute atomic E-state index is 13.6. The summed E-state index contributed by atoms with van der Waals surface area (Å²) in [7, 11) is -2.64. The van der Waals surface area contributed by atoms with Crippen LogP contribution in [0.1, 0.15) is 27.0 Å². The molecule has 0 radical (unpaired) electrons. The van der Waals surface area contributed by atoms with E-state index in [1.165, 1.54) is 25.3 Å². The molecule has 0 saturated heterocycles. The third kappa shape index (κ3) is 4.03. The van der Waals surface area contributed by atoms with Crippen LogP contribution in [-0.2, 0) is 10.0 Å². The lowest BCUT2D eigenvalue weighted by atomic mass is 10.1. The van der Waals surface area contributed by atoms with Crippen molar-refractivity contribution >= 4 is 21.6 Å². The summed E-state index contributed by atoms with van der Waals surface area (Å²) < 4.78 is 33.2. The minimum absolute atomic E-state index is 0.0558. The third-order valence-electron chi connectivity index (χ3n) is 4.86. The van der Waals surface area contributed by atoms with Crippen LogP contribution in [0.3, 0.4) is 0 Å². The van der Waals surface area contributed by atoms with Gasteiger partial charge in [-0.15, -0.1) is 0 Å². The highest BCUT2D eigenvalue weighted by molar-refractivity contribution is 7.93. The van der Waals surface area contributed by atoms with Gasteiger partial charge in [-0.3, -0.25) is 4.79 Å². The number of nitrogens with zero attached hydrogens (tertiary/aromatic N) is 1. The zero-order valence-electron chi connectivity index (χ0n) is 16.8. The second-order valence-electron chi connectivity index (χ2n) is 6.84. The Labute approximate surface area is 171 Å². The van der Waals surface area contributed by atoms with Gasteiger partial charge in [0.15, 0.2) is 0 Å². The molecule has 0 spiro atoms. The van der Waals surface area contributed by atoms with Crippen LogP contribution in [-0.4, -0.2) is 21.4 Å². The minimum Gasteiger partial charge on any atom is -0.497 e. The van der Waals surface area contributed by atoms with Crippen molar-refractivity contribution in [1.29, 1.82) is 0 Å². The van der Waals surface area contributed by atoms with Gasteiger partial charge < -0.3 is 4.74 Å². The number of carbonyl (C=O) groups is 1. The molecule has 0 N–H and O–H groups in total. The van der Waals surface area contributed by atoms with E-state index in [-0.39, 0.29) is 10.5 Å². The number of hydrogen-bond acceptors (Lipinski definition) is 4. The Morgan fingerprint density at radius 1 is 0.897 bits per heavy atom. The molecule has 0 aliphatic heterocycles. The molecule has 0 fully saturated rings. The number of benzene rings is 3. The number of anilines is 1. The largest absolute Gasteiger partial charge is 0.497 e. The molecule has 6 heteroatoms. The van der Waals surface area contributed by atoms with Crippen LogP contribution in [0, 0.1) is 20.8 Å². The van der Waals surface area contributed by atoms with Crippen LogP contribution in [0.25, 0.3) is 0 Å². The summed E-state index contributed by atoms with van der Waals surface area (Å²) in [4.78, 5) is 13.5. The van der Waals surface area contributed by atoms with Crippen LogP contribution in [0.4, 0.5) is 5.69 Å². The molecule has 0 aromatic heterocycles. The van der Waals surface area contributed by atoms with Crippen LogP contribution in [0.2, 0.25) is 0 Å². The normalized spacial score (nSPS) is 11.2. The predicted octanol–water partition coefficient (Wildman–Crippen LogP) is 4.66. The van der Waals surface area contributed by atoms with E-state index in [0.717, 1.165) is 21.0 Å². The first-order chi connectivity index (χ1) is 13.8. The first kappa shape index (κ1) is 20.6. The Balaban J connectivity index is 2.23. The average Bonchev–Trinajstić information content (AvgIpc) is 2.71. The summed E-state index contributed by atoms with van der Waals surface area (Å²) >= 11 is 0. The molecule has 3 rings (SSSR count). The minimum atomic E-state index is -4.13. The van der Waals surface area contributed by atoms with Gasteiger partial charge in [-0.05, 0) is 68.3 Å². The van der Waals surface area contributed by atoms with E-state index in [1.807, 2.05) is 19.9 Å². The van der Waals surface area contributed by atoms with Gasteiger partial charge in [-0.2, -0.15) is 4.31 Å². The molecule has 5 nitrogen and oxygen atoms in total. The second-order valence-corrected chi connectivity index (χ2v) is 8.63. The van der Waals surface area contributed by atoms with Crippen molar-refractivity contribution in [1.82, 2.24) is 0 Å². The van der Waals surface area contributed by atoms with Crippen molar-refractivity contribution in [2.45, 2.75) is 25.7 Å². The van der Waals surface area contributed by atoms with Gasteiger partial charge >= 0.3 is 0 Å². The topological polar surface area (TPSA) is 63.7 Å². The number of aryl methyl sites for hydroxylation is 2. The molecule has 150 valence electrons. The zero-order valence-corrected chi connectivity index (χ0v) is 17.7. The molecule has 0 saturated carbocycles. The van der Waals surface area contributed by atoms with Crippen LogP contribution in [0.15, 0.2) is 71.6 Å². The van der Waals surface area contributed by atoms with Gasteiger partial charge in [0.1, 0.15) is 5.75 Å². The number of methoxy groups -OCH3 is 1. The molecule has 3 aromatic carbocycles. The summed E-state index contributed by atoms with van der Waals surface area (Å²) in [6.07, 6.45) is 0. The van der Waals surface area contributed by atoms with Gasteiger partial charge in [-0.1, -0.05) is 35.9 Å². The molecule has 0 unspecified atom stereocenters. The molecule has 29 heavy (non-hydrogen) atoms. The fraction of sp³-hybridized carbons (Fsp3) is 0.174. The fourth-order valence-corrected chi connectivity index (χ4v) is 4.46. The number of rotatable bonds is 5. The molecule has 0 bridgehead atoms. The van der Waals surface area contributed by atoms with Gasteiger partial charge in [0.25, 0.3) is 15.9 Å². The lowest BCUT2D eigenvalue weighted by Crippen LogP contribution is -2.37. The van der Waals surface area contributed by atoms with Crippen LogP contribution in [0.5, 0.6) is 5.75 Å². The monoisotopic (exact) mass is 409 g/mol. The van der Waals surface area contributed by atoms with E-state index in [4.69, 9.17) is 4.74 Å². The zero-order chi connectivity index (χ0) is 21.2. The highest BCUT2D eigenvalue weighted by atomic mass is 32.2. The molecule has 3 aromatic rings. The van der Waals surface area contributed by atoms with Crippen molar-refractivity contribution in [3.8, 4) is 5.75 Å². The SMILES string of the molecule is COc1cccc(C(=O)N(c2cccc(C)c2C)S(=O)(=O)c2ccc(C)cc2)c1. The standard InChI is InChI=1S/C23H23NO4S/c1-16-11-13-21(14-12-16)29(26,27)24(22-10-5-7-17(2)18(22)3)23(25)19-8-6-9-20(15-19)28-4/h5-15H,1-4H3. The maximum atomic E-state index is 13.6. The Morgan fingerprint density at radius 2 is 1.55 bits per heavy atom. The third-order valence-corrected chi connectivity index (χ3v) is 6.57. The smallest absolute Gasteiger partial charge is 0.272 e. The molecule has 0 aliphatic carbocycles. The number of hydrogen-bond donors (Lipinski definition) is 0. The summed E-state index contributed by atoms with van der Waals surface area (Å²) in [6, 6.07) is 18.2. The van der Waals surface area contributed by atoms with E-state index in [0.29, 0.717) is 11.4 Å². The Kier molecular flexibility index (Phi) is 5.75. The van der Waals surface area contributed by atoms with Gasteiger partial charge in [0.05, 0.1) is 17.7 Å². The molecule has 0 atom stereocenters. The number of amides is 1. The highest BCUT2D eigenvalue weighted by Gasteiger charge is 2.33. The molecule has 0 aliphatic rings. The van der Waals surface area contributed by atoms with Gasteiger partial charge in [-0.25, -0.2) is 8.42 Å². The van der Waals surface area contributed by atoms with Crippen molar-refractivity contribution in [2.75, 3.05) is 11.4 Å². The molecule has 1 amide bonds. The first-order valence-corrected chi connectivity index (χ1v) is 10.6. The number of sulfonamides is 1. The Morgan fingerprint density at radius 3 is 2.21 bits per heavy atom. The Bertz CT molecular complexity index is 1150. The van der Waals surface area contributed by atoms with Crippen molar-refractivity contribution in [3.63, 3.8) is 0 Å². The summed E-state index contributed by atoms with van der Waals surface area (Å²) in [5.74, 6) is -0.164. The van der Waals surface area contributed by atoms with Crippen LogP contribution < -0.4 is 9.04 Å². The Hall–Kier alpha value is -3.12. The number of ether oxygens (including phenoxy) is 1. The van der Waals surface area contributed by atoms with Gasteiger partial charge in [0.2, 0.25) is 0 Å². The van der Waals surface area contributed by atoms with E-state index in [1.54, 1.807) is 49.4 Å². The lowest BCUT2D eigenvalue weighted by Gasteiger charge is -2.25. The fourth-order valence-electron chi connectivity index (χ4n) is 2.99. The van der Waals surface area contributed by atoms with E-state index in [2.05, 4.69) is 0 Å². The highest BCUT2D eigenvalue weighted by Crippen LogP contribution is 2.31. The first-order valence-electron chi connectivity index (χ1n) is 9.12. The lowest BCUT2D eigenvalue weighted by molar-refractivity contribution is 0.100. The van der Waals surface area contributed by atoms with E-state index >= 15 is 0 Å². The van der Waals surface area contributed by atoms with Gasteiger partial charge in [0, 0.05) is 5.56 Å². The quantitative estimate of drug-likeness (QED) is 0.615. The molecule has 0 heterocycles. The summed E-state index contributed by atoms with van der Waals surface area (Å²) in [5, 5.41) is 0. The molecular weight excluding hydrogens is 386 g/mol. The number of carbonyl (C=O) groups excluding carboxylic acids is 1.